The summed E-state index contributed by atoms with van der Waals surface area (Å²) in [6, 6.07) is 1.58. The topological polar surface area (TPSA) is 94.7 Å². The van der Waals surface area contributed by atoms with Crippen LogP contribution in [0.1, 0.15) is 11.3 Å². The molecule has 0 aromatic carbocycles. The predicted octanol–water partition coefficient (Wildman–Crippen LogP) is 0.531. The summed E-state index contributed by atoms with van der Waals surface area (Å²) in [6.45, 7) is 2.26. The average Bonchev–Trinajstić information content (AvgIpc) is 3.04. The van der Waals surface area contributed by atoms with E-state index in [0.717, 1.165) is 11.3 Å². The third-order valence-corrected chi connectivity index (χ3v) is 5.31. The van der Waals surface area contributed by atoms with Gasteiger partial charge in [0.1, 0.15) is 4.90 Å². The second-order valence-electron chi connectivity index (χ2n) is 5.38. The normalized spacial score (nSPS) is 12.1. The molecular formula is C14H18N6O2S. The van der Waals surface area contributed by atoms with Crippen LogP contribution in [0.2, 0.25) is 0 Å². The zero-order chi connectivity index (χ0) is 16.6. The molecule has 0 fully saturated rings. The van der Waals surface area contributed by atoms with E-state index in [-0.39, 0.29) is 4.90 Å². The van der Waals surface area contributed by atoms with Crippen LogP contribution in [-0.4, -0.2) is 39.5 Å². The van der Waals surface area contributed by atoms with Crippen LogP contribution in [0.4, 0.5) is 0 Å². The zero-order valence-electron chi connectivity index (χ0n) is 13.2. The van der Waals surface area contributed by atoms with E-state index in [1.807, 2.05) is 14.0 Å². The van der Waals surface area contributed by atoms with Crippen LogP contribution in [-0.2, 0) is 30.5 Å². The first kappa shape index (κ1) is 15.6. The monoisotopic (exact) mass is 334 g/mol. The lowest BCUT2D eigenvalue weighted by Crippen LogP contribution is -2.26. The number of hydrogen-bond donors (Lipinski definition) is 1. The van der Waals surface area contributed by atoms with E-state index in [1.165, 1.54) is 6.20 Å². The fraction of sp³-hybridized carbons (Fsp3) is 0.357. The molecule has 9 heteroatoms. The molecule has 3 aromatic rings. The lowest BCUT2D eigenvalue weighted by Gasteiger charge is -2.06. The molecule has 0 radical (unpaired) electrons. The maximum atomic E-state index is 12.4. The minimum absolute atomic E-state index is 0.140. The quantitative estimate of drug-likeness (QED) is 0.734. The van der Waals surface area contributed by atoms with Crippen LogP contribution in [0.3, 0.4) is 0 Å². The Morgan fingerprint density at radius 1 is 1.13 bits per heavy atom. The Balaban J connectivity index is 1.73. The van der Waals surface area contributed by atoms with Crippen molar-refractivity contribution in [3.63, 3.8) is 0 Å². The number of aryl methyl sites for hydroxylation is 2. The highest BCUT2D eigenvalue weighted by Gasteiger charge is 2.16. The van der Waals surface area contributed by atoms with Gasteiger partial charge in [-0.15, -0.1) is 0 Å². The Morgan fingerprint density at radius 2 is 1.87 bits per heavy atom. The first-order valence-corrected chi connectivity index (χ1v) is 8.62. The molecule has 0 aliphatic rings. The Kier molecular flexibility index (Phi) is 3.90. The maximum absolute atomic E-state index is 12.4. The highest BCUT2D eigenvalue weighted by Crippen LogP contribution is 2.15. The summed E-state index contributed by atoms with van der Waals surface area (Å²) in [5, 5.41) is 8.90. The molecule has 0 spiro atoms. The van der Waals surface area contributed by atoms with Crippen molar-refractivity contribution >= 4 is 21.1 Å². The lowest BCUT2D eigenvalue weighted by molar-refractivity contribution is 0.581. The van der Waals surface area contributed by atoms with E-state index in [2.05, 4.69) is 19.9 Å². The van der Waals surface area contributed by atoms with Crippen molar-refractivity contribution in [2.45, 2.75) is 18.2 Å². The van der Waals surface area contributed by atoms with Crippen molar-refractivity contribution in [1.29, 1.82) is 0 Å². The molecular weight excluding hydrogens is 316 g/mol. The van der Waals surface area contributed by atoms with Crippen LogP contribution < -0.4 is 4.72 Å². The van der Waals surface area contributed by atoms with Crippen molar-refractivity contribution in [3.8, 4) is 0 Å². The zero-order valence-corrected chi connectivity index (χ0v) is 14.0. The largest absolute Gasteiger partial charge is 0.273 e. The number of fused-ring (bicyclic) bond motifs is 1. The molecule has 3 rings (SSSR count). The van der Waals surface area contributed by atoms with Gasteiger partial charge in [-0.25, -0.2) is 18.1 Å². The molecule has 0 unspecified atom stereocenters. The summed E-state index contributed by atoms with van der Waals surface area (Å²) in [7, 11) is 0.0254. The number of rotatable bonds is 5. The number of nitrogens with one attached hydrogen (secondary N) is 1. The Labute approximate surface area is 134 Å². The molecule has 0 atom stereocenters. The van der Waals surface area contributed by atoms with Crippen LogP contribution >= 0.6 is 0 Å². The van der Waals surface area contributed by atoms with Gasteiger partial charge in [-0.2, -0.15) is 10.2 Å². The Hall–Kier alpha value is -2.26. The van der Waals surface area contributed by atoms with Crippen LogP contribution in [0, 0.1) is 6.92 Å². The number of aromatic nitrogens is 5. The average molecular weight is 334 g/mol. The summed E-state index contributed by atoms with van der Waals surface area (Å²) in [5.74, 6) is 0. The van der Waals surface area contributed by atoms with E-state index >= 15 is 0 Å². The SMILES string of the molecule is Cc1c(CCNS(=O)(=O)c2cnc3c(cnn3C)c2)cnn1C. The smallest absolute Gasteiger partial charge is 0.242 e. The van der Waals surface area contributed by atoms with Crippen LogP contribution in [0.25, 0.3) is 11.0 Å². The first-order chi connectivity index (χ1) is 10.9. The summed E-state index contributed by atoms with van der Waals surface area (Å²) in [5.41, 5.74) is 2.70. The third kappa shape index (κ3) is 2.97. The highest BCUT2D eigenvalue weighted by molar-refractivity contribution is 7.89. The van der Waals surface area contributed by atoms with Crippen molar-refractivity contribution in [3.05, 3.63) is 35.9 Å². The molecule has 23 heavy (non-hydrogen) atoms. The summed E-state index contributed by atoms with van der Waals surface area (Å²) < 4.78 is 30.7. The molecule has 3 heterocycles. The summed E-state index contributed by atoms with van der Waals surface area (Å²) in [4.78, 5) is 4.30. The second-order valence-corrected chi connectivity index (χ2v) is 7.15. The summed E-state index contributed by atoms with van der Waals surface area (Å²) in [6.07, 6.45) is 5.29. The molecule has 8 nitrogen and oxygen atoms in total. The van der Waals surface area contributed by atoms with Gasteiger partial charge in [0.15, 0.2) is 5.65 Å². The highest BCUT2D eigenvalue weighted by atomic mass is 32.2. The Morgan fingerprint density at radius 3 is 2.57 bits per heavy atom. The molecule has 3 aromatic heterocycles. The van der Waals surface area contributed by atoms with Gasteiger partial charge in [-0.05, 0) is 25.0 Å². The summed E-state index contributed by atoms with van der Waals surface area (Å²) >= 11 is 0. The van der Waals surface area contributed by atoms with Gasteiger partial charge in [0.25, 0.3) is 0 Å². The molecule has 0 aliphatic heterocycles. The van der Waals surface area contributed by atoms with Gasteiger partial charge in [0, 0.05) is 37.9 Å². The molecule has 1 N–H and O–H groups in total. The molecule has 0 aliphatic carbocycles. The molecule has 0 amide bonds. The first-order valence-electron chi connectivity index (χ1n) is 7.13. The minimum Gasteiger partial charge on any atom is -0.273 e. The Bertz CT molecular complexity index is 957. The van der Waals surface area contributed by atoms with Gasteiger partial charge >= 0.3 is 0 Å². The fourth-order valence-electron chi connectivity index (χ4n) is 2.36. The van der Waals surface area contributed by atoms with E-state index in [0.29, 0.717) is 24.0 Å². The molecule has 0 saturated heterocycles. The van der Waals surface area contributed by atoms with E-state index in [1.54, 1.807) is 34.9 Å². The van der Waals surface area contributed by atoms with Crippen molar-refractivity contribution in [2.24, 2.45) is 14.1 Å². The van der Waals surface area contributed by atoms with Crippen molar-refractivity contribution in [2.75, 3.05) is 6.54 Å². The van der Waals surface area contributed by atoms with Crippen molar-refractivity contribution < 1.29 is 8.42 Å². The lowest BCUT2D eigenvalue weighted by atomic mass is 10.2. The maximum Gasteiger partial charge on any atom is 0.242 e. The van der Waals surface area contributed by atoms with Crippen molar-refractivity contribution in [1.82, 2.24) is 29.3 Å². The van der Waals surface area contributed by atoms with Crippen LogP contribution in [0.5, 0.6) is 0 Å². The van der Waals surface area contributed by atoms with E-state index in [4.69, 9.17) is 0 Å². The second kappa shape index (κ2) is 5.74. The molecule has 122 valence electrons. The number of sulfonamides is 1. The number of nitrogens with zero attached hydrogens (tertiary/aromatic N) is 5. The minimum atomic E-state index is -3.60. The molecule has 0 saturated carbocycles. The van der Waals surface area contributed by atoms with Gasteiger partial charge in [0.2, 0.25) is 10.0 Å². The molecule has 0 bridgehead atoms. The third-order valence-electron chi connectivity index (χ3n) is 3.88. The van der Waals surface area contributed by atoms with Gasteiger partial charge < -0.3 is 0 Å². The van der Waals surface area contributed by atoms with E-state index < -0.39 is 10.0 Å². The van der Waals surface area contributed by atoms with E-state index in [9.17, 15) is 8.42 Å². The number of hydrogen-bond acceptors (Lipinski definition) is 5. The van der Waals surface area contributed by atoms with Gasteiger partial charge in [-0.1, -0.05) is 0 Å². The number of pyridine rings is 1. The van der Waals surface area contributed by atoms with Gasteiger partial charge in [0.05, 0.1) is 12.4 Å². The fourth-order valence-corrected chi connectivity index (χ4v) is 3.37. The van der Waals surface area contributed by atoms with Crippen LogP contribution in [0.15, 0.2) is 29.6 Å². The van der Waals surface area contributed by atoms with Gasteiger partial charge in [-0.3, -0.25) is 9.36 Å². The predicted molar refractivity (Wildman–Crippen MR) is 85.3 cm³/mol. The standard InChI is InChI=1S/C14H18N6O2S/c1-10-11(7-16-19(10)2)4-5-18-23(21,22)13-6-12-8-17-20(3)14(12)15-9-13/h6-9,18H,4-5H2,1-3H3.